The summed E-state index contributed by atoms with van der Waals surface area (Å²) in [5.74, 6) is 0.598. The van der Waals surface area contributed by atoms with Gasteiger partial charge in [0.15, 0.2) is 9.84 Å². The van der Waals surface area contributed by atoms with Gasteiger partial charge in [-0.2, -0.15) is 0 Å². The second kappa shape index (κ2) is 7.96. The molecular formula is C21H27N3O6S2. The summed E-state index contributed by atoms with van der Waals surface area (Å²) in [6, 6.07) is 5.00. The van der Waals surface area contributed by atoms with Gasteiger partial charge in [-0.15, -0.1) is 0 Å². The number of nitrogens with zero attached hydrogens (tertiary/aromatic N) is 2. The van der Waals surface area contributed by atoms with Gasteiger partial charge in [-0.25, -0.2) is 21.8 Å². The van der Waals surface area contributed by atoms with Crippen molar-refractivity contribution in [2.75, 3.05) is 25.2 Å². The fourth-order valence-electron chi connectivity index (χ4n) is 3.36. The normalized spacial score (nSPS) is 12.7. The maximum absolute atomic E-state index is 13.2. The molecular weight excluding hydrogens is 454 g/mol. The number of benzene rings is 1. The zero-order valence-corrected chi connectivity index (χ0v) is 20.7. The minimum absolute atomic E-state index is 0.0407. The molecule has 0 saturated carbocycles. The fraction of sp³-hybridized carbons (Fsp3) is 0.381. The molecule has 0 aliphatic rings. The summed E-state index contributed by atoms with van der Waals surface area (Å²) in [5.41, 5.74) is 2.66. The highest BCUT2D eigenvalue weighted by atomic mass is 32.2. The van der Waals surface area contributed by atoms with Crippen LogP contribution in [-0.4, -0.2) is 51.4 Å². The maximum Gasteiger partial charge on any atom is 0.229 e. The van der Waals surface area contributed by atoms with Crippen LogP contribution in [-0.2, 0) is 19.9 Å². The molecule has 0 atom stereocenters. The highest BCUT2D eigenvalue weighted by Gasteiger charge is 2.34. The summed E-state index contributed by atoms with van der Waals surface area (Å²) in [5, 5.41) is 0. The highest BCUT2D eigenvalue weighted by molar-refractivity contribution is 7.93. The van der Waals surface area contributed by atoms with Crippen molar-refractivity contribution in [2.45, 2.75) is 37.3 Å². The van der Waals surface area contributed by atoms with Gasteiger partial charge in [0, 0.05) is 17.8 Å². The van der Waals surface area contributed by atoms with Crippen molar-refractivity contribution in [3.63, 3.8) is 0 Å². The molecule has 0 aliphatic carbocycles. The van der Waals surface area contributed by atoms with Crippen molar-refractivity contribution in [2.24, 2.45) is 0 Å². The molecule has 1 N–H and O–H groups in total. The molecule has 3 aromatic rings. The van der Waals surface area contributed by atoms with E-state index in [0.29, 0.717) is 28.2 Å². The summed E-state index contributed by atoms with van der Waals surface area (Å²) >= 11 is 0. The van der Waals surface area contributed by atoms with Crippen molar-refractivity contribution in [3.8, 4) is 22.8 Å². The molecule has 3 rings (SSSR count). The Balaban J connectivity index is 2.31. The predicted molar refractivity (Wildman–Crippen MR) is 124 cm³/mol. The molecule has 11 heteroatoms. The van der Waals surface area contributed by atoms with Crippen molar-refractivity contribution in [3.05, 3.63) is 36.2 Å². The Morgan fingerprint density at radius 3 is 2.22 bits per heavy atom. The average Bonchev–Trinajstić information content (AvgIpc) is 3.07. The first-order valence-corrected chi connectivity index (χ1v) is 13.0. The lowest BCUT2D eigenvalue weighted by Gasteiger charge is -2.21. The van der Waals surface area contributed by atoms with Crippen LogP contribution >= 0.6 is 0 Å². The maximum atomic E-state index is 13.2. The van der Waals surface area contributed by atoms with Crippen LogP contribution < -0.4 is 14.2 Å². The number of hydrogen-bond donors (Lipinski definition) is 1. The quantitative estimate of drug-likeness (QED) is 0.574. The summed E-state index contributed by atoms with van der Waals surface area (Å²) in [4.78, 5) is 4.42. The third kappa shape index (κ3) is 4.26. The number of fused-ring (bicyclic) bond motifs is 1. The van der Waals surface area contributed by atoms with Crippen molar-refractivity contribution >= 4 is 31.2 Å². The van der Waals surface area contributed by atoms with E-state index in [1.807, 2.05) is 6.07 Å². The monoisotopic (exact) mass is 481 g/mol. The van der Waals surface area contributed by atoms with Crippen LogP contribution in [0.3, 0.4) is 0 Å². The number of rotatable bonds is 6. The topological polar surface area (TPSA) is 116 Å². The first kappa shape index (κ1) is 23.9. The van der Waals surface area contributed by atoms with E-state index in [0.717, 1.165) is 6.26 Å². The molecule has 2 aromatic heterocycles. The summed E-state index contributed by atoms with van der Waals surface area (Å²) in [6.45, 7) is 6.65. The lowest BCUT2D eigenvalue weighted by molar-refractivity contribution is 0.401. The van der Waals surface area contributed by atoms with E-state index in [9.17, 15) is 16.8 Å². The Bertz CT molecular complexity index is 1400. The summed E-state index contributed by atoms with van der Waals surface area (Å²) in [7, 11) is -4.41. The number of aryl methyl sites for hydroxylation is 1. The molecule has 2 heterocycles. The molecule has 0 unspecified atom stereocenters. The molecule has 0 amide bonds. The fourth-order valence-corrected chi connectivity index (χ4v) is 5.22. The Labute approximate surface area is 188 Å². The Morgan fingerprint density at radius 2 is 1.69 bits per heavy atom. The standard InChI is InChI=1S/C21H27N3O6S2/c1-13-8-14(9-15(20(13)30-6)23-31(7,25)26)16-11-22-19-10-17(29-5)18(12-24(16)19)32(27,28)21(2,3)4/h8-12,23H,1-7H3. The first-order chi connectivity index (χ1) is 14.7. The van der Waals surface area contributed by atoms with E-state index in [2.05, 4.69) is 9.71 Å². The van der Waals surface area contributed by atoms with E-state index in [1.165, 1.54) is 20.4 Å². The van der Waals surface area contributed by atoms with Crippen molar-refractivity contribution < 1.29 is 26.3 Å². The lowest BCUT2D eigenvalue weighted by Crippen LogP contribution is -2.28. The number of nitrogens with one attached hydrogen (secondary N) is 1. The van der Waals surface area contributed by atoms with Gasteiger partial charge in [-0.1, -0.05) is 0 Å². The van der Waals surface area contributed by atoms with Crippen LogP contribution in [0, 0.1) is 6.92 Å². The number of methoxy groups -OCH3 is 2. The van der Waals surface area contributed by atoms with Crippen LogP contribution in [0.4, 0.5) is 5.69 Å². The molecule has 9 nitrogen and oxygen atoms in total. The Kier molecular flexibility index (Phi) is 5.94. The van der Waals surface area contributed by atoms with E-state index >= 15 is 0 Å². The van der Waals surface area contributed by atoms with Gasteiger partial charge in [-0.05, 0) is 45.4 Å². The molecule has 0 fully saturated rings. The van der Waals surface area contributed by atoms with Gasteiger partial charge in [0.1, 0.15) is 22.0 Å². The van der Waals surface area contributed by atoms with Gasteiger partial charge in [0.05, 0.1) is 42.8 Å². The van der Waals surface area contributed by atoms with Crippen LogP contribution in [0.1, 0.15) is 26.3 Å². The van der Waals surface area contributed by atoms with Crippen LogP contribution in [0.5, 0.6) is 11.5 Å². The number of anilines is 1. The van der Waals surface area contributed by atoms with E-state index in [1.54, 1.807) is 50.4 Å². The zero-order chi connectivity index (χ0) is 24.1. The second-order valence-corrected chi connectivity index (χ2v) is 12.9. The number of sulfonamides is 1. The number of sulfone groups is 1. The Hall–Kier alpha value is -2.79. The largest absolute Gasteiger partial charge is 0.495 e. The minimum Gasteiger partial charge on any atom is -0.495 e. The number of hydrogen-bond acceptors (Lipinski definition) is 7. The number of pyridine rings is 1. The molecule has 1 aromatic carbocycles. The van der Waals surface area contributed by atoms with Crippen LogP contribution in [0.15, 0.2) is 35.5 Å². The van der Waals surface area contributed by atoms with Crippen molar-refractivity contribution in [1.29, 1.82) is 0 Å². The number of ether oxygens (including phenoxy) is 2. The van der Waals surface area contributed by atoms with Gasteiger partial charge < -0.3 is 9.47 Å². The van der Waals surface area contributed by atoms with Crippen LogP contribution in [0.25, 0.3) is 16.9 Å². The number of imidazole rings is 1. The second-order valence-electron chi connectivity index (χ2n) is 8.44. The first-order valence-electron chi connectivity index (χ1n) is 9.66. The molecule has 0 spiro atoms. The zero-order valence-electron chi connectivity index (χ0n) is 19.0. The predicted octanol–water partition coefficient (Wildman–Crippen LogP) is 3.27. The van der Waals surface area contributed by atoms with Gasteiger partial charge in [-0.3, -0.25) is 9.12 Å². The van der Waals surface area contributed by atoms with E-state index in [4.69, 9.17) is 9.47 Å². The lowest BCUT2D eigenvalue weighted by atomic mass is 10.1. The number of aromatic nitrogens is 2. The van der Waals surface area contributed by atoms with E-state index < -0.39 is 24.6 Å². The van der Waals surface area contributed by atoms with Crippen molar-refractivity contribution in [1.82, 2.24) is 9.38 Å². The molecule has 0 aliphatic heterocycles. The third-order valence-electron chi connectivity index (χ3n) is 4.96. The highest BCUT2D eigenvalue weighted by Crippen LogP contribution is 2.37. The Morgan fingerprint density at radius 1 is 1.03 bits per heavy atom. The van der Waals surface area contributed by atoms with E-state index in [-0.39, 0.29) is 16.3 Å². The molecule has 174 valence electrons. The molecule has 0 saturated heterocycles. The third-order valence-corrected chi connectivity index (χ3v) is 8.05. The molecule has 0 bridgehead atoms. The summed E-state index contributed by atoms with van der Waals surface area (Å²) in [6.07, 6.45) is 4.13. The van der Waals surface area contributed by atoms with Gasteiger partial charge >= 0.3 is 0 Å². The minimum atomic E-state index is -3.72. The van der Waals surface area contributed by atoms with Gasteiger partial charge in [0.25, 0.3) is 0 Å². The smallest absolute Gasteiger partial charge is 0.229 e. The summed E-state index contributed by atoms with van der Waals surface area (Å²) < 4.78 is 63.9. The van der Waals surface area contributed by atoms with Crippen LogP contribution in [0.2, 0.25) is 0 Å². The SMILES string of the molecule is COc1cc2ncc(-c3cc(C)c(OC)c(NS(C)(=O)=O)c3)n2cc1S(=O)(=O)C(C)(C)C. The van der Waals surface area contributed by atoms with Gasteiger partial charge in [0.2, 0.25) is 10.0 Å². The molecule has 0 radical (unpaired) electrons. The molecule has 32 heavy (non-hydrogen) atoms. The average molecular weight is 482 g/mol.